The minimum Gasteiger partial charge on any atom is -0.410 e. The number of unbranched alkanes of at least 4 members (excludes halogenated alkanes) is 3. The molecule has 0 saturated carbocycles. The van der Waals surface area contributed by atoms with E-state index in [4.69, 9.17) is 4.74 Å². The summed E-state index contributed by atoms with van der Waals surface area (Å²) in [5.74, 6) is -0.238. The number of aldehydes is 1. The lowest BCUT2D eigenvalue weighted by molar-refractivity contribution is -0.130. The van der Waals surface area contributed by atoms with Crippen molar-refractivity contribution in [2.45, 2.75) is 46.0 Å². The maximum Gasteiger partial charge on any atom is 0.412 e. The minimum atomic E-state index is -0.535. The minimum absolute atomic E-state index is 0.0712. The van der Waals surface area contributed by atoms with Gasteiger partial charge in [0.2, 0.25) is 0 Å². The molecule has 0 saturated heterocycles. The van der Waals surface area contributed by atoms with Crippen molar-refractivity contribution in [3.05, 3.63) is 29.8 Å². The Morgan fingerprint density at radius 1 is 1.00 bits per heavy atom. The molecule has 0 fully saturated rings. The van der Waals surface area contributed by atoms with Gasteiger partial charge in [-0.2, -0.15) is 0 Å². The van der Waals surface area contributed by atoms with Gasteiger partial charge in [-0.3, -0.25) is 14.4 Å². The van der Waals surface area contributed by atoms with E-state index in [1.165, 1.54) is 13.8 Å². The van der Waals surface area contributed by atoms with Gasteiger partial charge in [-0.05, 0) is 51.0 Å². The zero-order valence-electron chi connectivity index (χ0n) is 14.7. The monoisotopic (exact) mass is 347 g/mol. The van der Waals surface area contributed by atoms with Crippen LogP contribution in [0.5, 0.6) is 5.75 Å². The van der Waals surface area contributed by atoms with Crippen LogP contribution in [-0.2, 0) is 9.59 Å². The number of benzene rings is 1. The van der Waals surface area contributed by atoms with Gasteiger partial charge in [-0.1, -0.05) is 19.3 Å². The van der Waals surface area contributed by atoms with Crippen LogP contribution in [0.3, 0.4) is 0 Å². The van der Waals surface area contributed by atoms with Crippen LogP contribution < -0.4 is 10.1 Å². The van der Waals surface area contributed by atoms with Crippen LogP contribution in [0.1, 0.15) is 56.3 Å². The molecule has 0 heterocycles. The number of hydrogen-bond acceptors (Lipinski definition) is 5. The largest absolute Gasteiger partial charge is 0.412 e. The summed E-state index contributed by atoms with van der Waals surface area (Å²) in [6, 6.07) is 6.27. The Balaban J connectivity index is 2.12. The van der Waals surface area contributed by atoms with E-state index in [1.54, 1.807) is 24.3 Å². The summed E-state index contributed by atoms with van der Waals surface area (Å²) in [5.41, 5.74) is 0.518. The molecule has 0 radical (unpaired) electrons. The Kier molecular flexibility index (Phi) is 9.14. The second-order valence-electron chi connectivity index (χ2n) is 5.98. The van der Waals surface area contributed by atoms with Crippen LogP contribution in [0.25, 0.3) is 0 Å². The molecule has 0 aliphatic heterocycles. The number of rotatable bonds is 11. The summed E-state index contributed by atoms with van der Waals surface area (Å²) >= 11 is 0. The maximum atomic E-state index is 11.6. The van der Waals surface area contributed by atoms with Crippen molar-refractivity contribution < 1.29 is 23.9 Å². The number of Topliss-reactive ketones (excluding diaryl/α,β-unsaturated/α-hetero) is 2. The second-order valence-corrected chi connectivity index (χ2v) is 5.98. The second kappa shape index (κ2) is 11.1. The molecule has 25 heavy (non-hydrogen) atoms. The molecule has 1 amide bonds. The third-order valence-electron chi connectivity index (χ3n) is 3.90. The summed E-state index contributed by atoms with van der Waals surface area (Å²) in [6.07, 6.45) is 4.20. The maximum absolute atomic E-state index is 11.6. The number of nitrogens with one attached hydrogen (secondary N) is 1. The molecule has 0 bridgehead atoms. The van der Waals surface area contributed by atoms with Gasteiger partial charge >= 0.3 is 6.09 Å². The van der Waals surface area contributed by atoms with Gasteiger partial charge in [0.05, 0.1) is 5.92 Å². The molecule has 136 valence electrons. The Hall–Kier alpha value is -2.50. The Morgan fingerprint density at radius 3 is 2.16 bits per heavy atom. The highest BCUT2D eigenvalue weighted by atomic mass is 16.6. The van der Waals surface area contributed by atoms with Gasteiger partial charge in [0.15, 0.2) is 0 Å². The topological polar surface area (TPSA) is 89.5 Å². The van der Waals surface area contributed by atoms with Crippen LogP contribution in [0.4, 0.5) is 4.79 Å². The van der Waals surface area contributed by atoms with Crippen molar-refractivity contribution in [3.63, 3.8) is 0 Å². The summed E-state index contributed by atoms with van der Waals surface area (Å²) in [5, 5.41) is 2.66. The smallest absolute Gasteiger partial charge is 0.410 e. The first-order valence-corrected chi connectivity index (χ1v) is 8.46. The molecule has 0 atom stereocenters. The first kappa shape index (κ1) is 20.5. The molecule has 0 spiro atoms. The Morgan fingerprint density at radius 2 is 1.60 bits per heavy atom. The molecule has 6 nitrogen and oxygen atoms in total. The summed E-state index contributed by atoms with van der Waals surface area (Å²) in [6.45, 7) is 3.40. The lowest BCUT2D eigenvalue weighted by Gasteiger charge is -2.10. The third-order valence-corrected chi connectivity index (χ3v) is 3.90. The molecule has 1 rings (SSSR count). The molecular formula is C19H25NO5. The van der Waals surface area contributed by atoms with Crippen LogP contribution >= 0.6 is 0 Å². The number of carbonyl (C=O) groups is 4. The van der Waals surface area contributed by atoms with E-state index in [1.807, 2.05) is 0 Å². The predicted molar refractivity (Wildman–Crippen MR) is 93.8 cm³/mol. The average Bonchev–Trinajstić information content (AvgIpc) is 2.57. The van der Waals surface area contributed by atoms with Gasteiger partial charge in [0.25, 0.3) is 0 Å². The van der Waals surface area contributed by atoms with Crippen molar-refractivity contribution in [2.75, 3.05) is 6.54 Å². The summed E-state index contributed by atoms with van der Waals surface area (Å²) in [4.78, 5) is 44.8. The lowest BCUT2D eigenvalue weighted by atomic mass is 9.94. The van der Waals surface area contributed by atoms with E-state index in [9.17, 15) is 19.2 Å². The van der Waals surface area contributed by atoms with Crippen molar-refractivity contribution >= 4 is 23.9 Å². The van der Waals surface area contributed by atoms with Crippen LogP contribution in [0.15, 0.2) is 24.3 Å². The molecule has 1 aromatic carbocycles. The fraction of sp³-hybridized carbons (Fsp3) is 0.474. The van der Waals surface area contributed by atoms with Crippen molar-refractivity contribution in [3.8, 4) is 5.75 Å². The number of ether oxygens (including phenoxy) is 1. The van der Waals surface area contributed by atoms with Gasteiger partial charge in [-0.15, -0.1) is 0 Å². The van der Waals surface area contributed by atoms with E-state index in [0.29, 0.717) is 24.3 Å². The average molecular weight is 347 g/mol. The lowest BCUT2D eigenvalue weighted by Crippen LogP contribution is -2.27. The number of amides is 1. The molecule has 0 unspecified atom stereocenters. The fourth-order valence-electron chi connectivity index (χ4n) is 2.47. The summed E-state index contributed by atoms with van der Waals surface area (Å²) < 4.78 is 5.08. The number of hydrogen-bond donors (Lipinski definition) is 1. The molecule has 6 heteroatoms. The van der Waals surface area contributed by atoms with Gasteiger partial charge in [0, 0.05) is 12.1 Å². The van der Waals surface area contributed by atoms with Crippen molar-refractivity contribution in [1.82, 2.24) is 5.32 Å². The van der Waals surface area contributed by atoms with E-state index < -0.39 is 12.0 Å². The normalized spacial score (nSPS) is 10.4. The molecule has 1 N–H and O–H groups in total. The summed E-state index contributed by atoms with van der Waals surface area (Å²) in [7, 11) is 0. The first-order valence-electron chi connectivity index (χ1n) is 8.46. The van der Waals surface area contributed by atoms with E-state index >= 15 is 0 Å². The van der Waals surface area contributed by atoms with E-state index in [0.717, 1.165) is 32.0 Å². The highest BCUT2D eigenvalue weighted by molar-refractivity contribution is 6.00. The van der Waals surface area contributed by atoms with Gasteiger partial charge < -0.3 is 10.1 Å². The van der Waals surface area contributed by atoms with Gasteiger partial charge in [-0.25, -0.2) is 4.79 Å². The molecular weight excluding hydrogens is 322 g/mol. The predicted octanol–water partition coefficient (Wildman–Crippen LogP) is 3.33. The molecule has 0 aromatic heterocycles. The highest BCUT2D eigenvalue weighted by Crippen LogP contribution is 2.13. The zero-order valence-corrected chi connectivity index (χ0v) is 14.7. The number of ketones is 2. The first-order chi connectivity index (χ1) is 11.9. The zero-order chi connectivity index (χ0) is 18.7. The quantitative estimate of drug-likeness (QED) is 0.377. The number of carbonyl (C=O) groups excluding carboxylic acids is 4. The molecule has 0 aliphatic rings. The van der Waals surface area contributed by atoms with Crippen molar-refractivity contribution in [1.29, 1.82) is 0 Å². The SMILES string of the molecule is CC(=O)C(CCCCCCNC(=O)Oc1ccc(C=O)cc1)C(C)=O. The van der Waals surface area contributed by atoms with E-state index in [-0.39, 0.29) is 11.6 Å². The van der Waals surface area contributed by atoms with Crippen LogP contribution in [0, 0.1) is 5.92 Å². The molecule has 0 aliphatic carbocycles. The standard InChI is InChI=1S/C19H25NO5/c1-14(22)18(15(2)23)7-5-3-4-6-12-20-19(24)25-17-10-8-16(13-21)9-11-17/h8-11,13,18H,3-7,12H2,1-2H3,(H,20,24). The fourth-order valence-corrected chi connectivity index (χ4v) is 2.47. The highest BCUT2D eigenvalue weighted by Gasteiger charge is 2.18. The van der Waals surface area contributed by atoms with E-state index in [2.05, 4.69) is 5.32 Å². The molecule has 1 aromatic rings. The van der Waals surface area contributed by atoms with Crippen LogP contribution in [-0.4, -0.2) is 30.5 Å². The third kappa shape index (κ3) is 8.24. The Labute approximate surface area is 147 Å². The van der Waals surface area contributed by atoms with Gasteiger partial charge in [0.1, 0.15) is 23.6 Å². The van der Waals surface area contributed by atoms with Crippen molar-refractivity contribution in [2.24, 2.45) is 5.92 Å². The Bertz CT molecular complexity index is 580. The van der Waals surface area contributed by atoms with Crippen LogP contribution in [0.2, 0.25) is 0 Å².